The van der Waals surface area contributed by atoms with Crippen molar-refractivity contribution in [3.05, 3.63) is 63.0 Å². The lowest BCUT2D eigenvalue weighted by atomic mass is 9.85. The van der Waals surface area contributed by atoms with E-state index in [-0.39, 0.29) is 5.78 Å². The maximum Gasteiger partial charge on any atom is 0.191 e. The normalized spacial score (nSPS) is 16.5. The summed E-state index contributed by atoms with van der Waals surface area (Å²) in [5.74, 6) is 1.16. The first-order valence-corrected chi connectivity index (χ1v) is 12.0. The zero-order valence-corrected chi connectivity index (χ0v) is 18.8. The van der Waals surface area contributed by atoms with Crippen molar-refractivity contribution >= 4 is 45.7 Å². The first-order chi connectivity index (χ1) is 14.2. The number of aryl methyl sites for hydroxylation is 2. The second kappa shape index (κ2) is 8.89. The smallest absolute Gasteiger partial charge is 0.191 e. The van der Waals surface area contributed by atoms with E-state index in [0.717, 1.165) is 66.4 Å². The van der Waals surface area contributed by atoms with Crippen LogP contribution in [0.4, 0.5) is 0 Å². The molecule has 3 aromatic rings. The molecule has 1 atom stereocenters. The van der Waals surface area contributed by atoms with E-state index in [0.29, 0.717) is 11.8 Å². The quantitative estimate of drug-likeness (QED) is 0.288. The molecule has 0 N–H and O–H groups in total. The maximum atomic E-state index is 14.0. The van der Waals surface area contributed by atoms with Crippen LogP contribution in [0.15, 0.2) is 41.3 Å². The van der Waals surface area contributed by atoms with Crippen LogP contribution in [0.2, 0.25) is 0 Å². The summed E-state index contributed by atoms with van der Waals surface area (Å²) < 4.78 is 2.27. The highest BCUT2D eigenvalue weighted by Gasteiger charge is 2.28. The summed E-state index contributed by atoms with van der Waals surface area (Å²) in [6.45, 7) is 5.14. The minimum atomic E-state index is 0.209. The van der Waals surface area contributed by atoms with Gasteiger partial charge in [0.2, 0.25) is 0 Å². The predicted molar refractivity (Wildman–Crippen MR) is 125 cm³/mol. The van der Waals surface area contributed by atoms with Crippen LogP contribution in [0.25, 0.3) is 17.0 Å². The van der Waals surface area contributed by atoms with Gasteiger partial charge in [-0.3, -0.25) is 4.79 Å². The molecule has 0 spiro atoms. The number of hydrogen-bond acceptors (Lipinski definition) is 2. The Morgan fingerprint density at radius 2 is 2.10 bits per heavy atom. The van der Waals surface area contributed by atoms with Gasteiger partial charge in [-0.05, 0) is 67.7 Å². The molecule has 2 aromatic heterocycles. The van der Waals surface area contributed by atoms with Gasteiger partial charge in [-0.1, -0.05) is 31.5 Å². The van der Waals surface area contributed by atoms with E-state index in [2.05, 4.69) is 54.1 Å². The zero-order chi connectivity index (χ0) is 20.4. The highest BCUT2D eigenvalue weighted by molar-refractivity contribution is 7.10. The lowest BCUT2D eigenvalue weighted by Gasteiger charge is -2.18. The number of allylic oxidation sites excluding steroid dienone is 1. The number of carbonyl (C=O) groups excluding carboxylic acids is 1. The third-order valence-electron chi connectivity index (χ3n) is 6.12. The fourth-order valence-electron chi connectivity index (χ4n) is 4.70. The third kappa shape index (κ3) is 3.83. The lowest BCUT2D eigenvalue weighted by Crippen LogP contribution is -2.15. The molecule has 4 heteroatoms. The molecule has 0 fully saturated rings. The largest absolute Gasteiger partial charge is 0.344 e. The Morgan fingerprint density at radius 1 is 1.28 bits per heavy atom. The number of carbonyl (C=O) groups is 1. The molecule has 0 aliphatic heterocycles. The fourth-order valence-corrected chi connectivity index (χ4v) is 5.69. The number of alkyl halides is 1. The van der Waals surface area contributed by atoms with Gasteiger partial charge in [0.05, 0.1) is 5.56 Å². The van der Waals surface area contributed by atoms with Crippen molar-refractivity contribution in [1.29, 1.82) is 0 Å². The molecule has 29 heavy (non-hydrogen) atoms. The van der Waals surface area contributed by atoms with Crippen molar-refractivity contribution < 1.29 is 4.79 Å². The van der Waals surface area contributed by atoms with E-state index < -0.39 is 0 Å². The molecule has 0 radical (unpaired) electrons. The van der Waals surface area contributed by atoms with E-state index in [1.54, 1.807) is 0 Å². The Balaban J connectivity index is 1.84. The van der Waals surface area contributed by atoms with Crippen molar-refractivity contribution in [2.24, 2.45) is 5.92 Å². The molecule has 0 saturated carbocycles. The summed E-state index contributed by atoms with van der Waals surface area (Å²) in [4.78, 5) is 15.4. The van der Waals surface area contributed by atoms with E-state index in [4.69, 9.17) is 11.6 Å². The number of nitrogens with zero attached hydrogens (tertiary/aromatic N) is 1. The third-order valence-corrected chi connectivity index (χ3v) is 7.39. The summed E-state index contributed by atoms with van der Waals surface area (Å²) in [5, 5.41) is 3.21. The number of Topliss-reactive ketones (excluding diaryl/α,β-unsaturated/α-hetero) is 1. The van der Waals surface area contributed by atoms with Gasteiger partial charge >= 0.3 is 0 Å². The number of rotatable bonds is 7. The number of benzene rings is 1. The number of hydrogen-bond donors (Lipinski definition) is 0. The van der Waals surface area contributed by atoms with E-state index in [1.807, 2.05) is 17.4 Å². The van der Waals surface area contributed by atoms with Crippen LogP contribution in [0.5, 0.6) is 0 Å². The van der Waals surface area contributed by atoms with Gasteiger partial charge < -0.3 is 4.57 Å². The number of halogens is 1. The van der Waals surface area contributed by atoms with Crippen molar-refractivity contribution in [2.45, 2.75) is 52.5 Å². The Kier molecular flexibility index (Phi) is 6.26. The zero-order valence-electron chi connectivity index (χ0n) is 17.2. The van der Waals surface area contributed by atoms with Gasteiger partial charge in [-0.15, -0.1) is 22.9 Å². The molecule has 2 nitrogen and oxygen atoms in total. The number of thiophene rings is 1. The monoisotopic (exact) mass is 425 g/mol. The molecular formula is C25H28ClNOS. The van der Waals surface area contributed by atoms with Crippen molar-refractivity contribution in [2.75, 3.05) is 5.88 Å². The van der Waals surface area contributed by atoms with E-state index in [1.165, 1.54) is 10.4 Å². The molecule has 0 amide bonds. The van der Waals surface area contributed by atoms with Crippen LogP contribution in [0.1, 0.15) is 59.1 Å². The molecular weight excluding hydrogens is 398 g/mol. The summed E-state index contributed by atoms with van der Waals surface area (Å²) in [6.07, 6.45) is 7.38. The SMILES string of the molecule is CCCC1CCc2sccc2C=C1C(=O)c1c(C)n(CCCCl)c2ccccc12. The van der Waals surface area contributed by atoms with E-state index in [9.17, 15) is 4.79 Å². The second-order valence-corrected chi connectivity index (χ2v) is 9.30. The maximum absolute atomic E-state index is 14.0. The van der Waals surface area contributed by atoms with Gasteiger partial charge in [-0.2, -0.15) is 0 Å². The van der Waals surface area contributed by atoms with E-state index >= 15 is 0 Å². The standard InChI is InChI=1S/C25H28ClNOS/c1-3-7-18-10-11-23-19(12-15-29-23)16-21(18)25(28)24-17(2)27(14-6-13-26)22-9-5-4-8-20(22)24/h4-5,8-9,12,15-16,18H,3,6-7,10-11,13-14H2,1-2H3. The minimum absolute atomic E-state index is 0.209. The number of para-hydroxylation sites is 1. The van der Waals surface area contributed by atoms with Crippen LogP contribution < -0.4 is 0 Å². The summed E-state index contributed by atoms with van der Waals surface area (Å²) in [7, 11) is 0. The average molecular weight is 426 g/mol. The molecule has 1 aliphatic carbocycles. The number of aromatic nitrogens is 1. The average Bonchev–Trinajstić information content (AvgIpc) is 3.23. The summed E-state index contributed by atoms with van der Waals surface area (Å²) >= 11 is 7.78. The number of ketones is 1. The van der Waals surface area contributed by atoms with Crippen LogP contribution in [0, 0.1) is 12.8 Å². The van der Waals surface area contributed by atoms with Gasteiger partial charge in [-0.25, -0.2) is 0 Å². The first kappa shape index (κ1) is 20.4. The van der Waals surface area contributed by atoms with Crippen LogP contribution in [-0.2, 0) is 13.0 Å². The second-order valence-electron chi connectivity index (χ2n) is 7.92. The highest BCUT2D eigenvalue weighted by Crippen LogP contribution is 2.37. The van der Waals surface area contributed by atoms with Gasteiger partial charge in [0, 0.05) is 39.5 Å². The van der Waals surface area contributed by atoms with Crippen molar-refractivity contribution in [3.8, 4) is 0 Å². The Hall–Kier alpha value is -1.84. The lowest BCUT2D eigenvalue weighted by molar-refractivity contribution is 0.102. The highest BCUT2D eigenvalue weighted by atomic mass is 35.5. The fraction of sp³-hybridized carbons (Fsp3) is 0.400. The Morgan fingerprint density at radius 3 is 2.90 bits per heavy atom. The van der Waals surface area contributed by atoms with Crippen molar-refractivity contribution in [3.63, 3.8) is 0 Å². The topological polar surface area (TPSA) is 22.0 Å². The first-order valence-electron chi connectivity index (χ1n) is 10.6. The molecule has 0 bridgehead atoms. The van der Waals surface area contributed by atoms with Gasteiger partial charge in [0.1, 0.15) is 0 Å². The van der Waals surface area contributed by atoms with Crippen LogP contribution >= 0.6 is 22.9 Å². The Labute approximate surface area is 182 Å². The minimum Gasteiger partial charge on any atom is -0.344 e. The molecule has 1 unspecified atom stereocenters. The van der Waals surface area contributed by atoms with Gasteiger partial charge in [0.15, 0.2) is 5.78 Å². The molecule has 1 aliphatic rings. The Bertz CT molecular complexity index is 1060. The van der Waals surface area contributed by atoms with Crippen LogP contribution in [-0.4, -0.2) is 16.2 Å². The summed E-state index contributed by atoms with van der Waals surface area (Å²) in [6, 6.07) is 10.5. The summed E-state index contributed by atoms with van der Waals surface area (Å²) in [5.41, 5.74) is 5.30. The molecule has 4 rings (SSSR count). The molecule has 152 valence electrons. The van der Waals surface area contributed by atoms with Gasteiger partial charge in [0.25, 0.3) is 0 Å². The van der Waals surface area contributed by atoms with Crippen LogP contribution in [0.3, 0.4) is 0 Å². The number of fused-ring (bicyclic) bond motifs is 2. The molecule has 0 saturated heterocycles. The predicted octanol–water partition coefficient (Wildman–Crippen LogP) is 7.27. The van der Waals surface area contributed by atoms with Crippen molar-refractivity contribution in [1.82, 2.24) is 4.57 Å². The molecule has 2 heterocycles. The molecule has 1 aromatic carbocycles.